The number of fused-ring (bicyclic) bond motifs is 7. The van der Waals surface area contributed by atoms with Crippen molar-refractivity contribution in [2.75, 3.05) is 33.0 Å². The van der Waals surface area contributed by atoms with E-state index in [0.717, 1.165) is 58.0 Å². The van der Waals surface area contributed by atoms with Crippen LogP contribution in [0.25, 0.3) is 0 Å². The molecule has 0 aromatic carbocycles. The highest BCUT2D eigenvalue weighted by Gasteiger charge is 2.70. The molecule has 15 N–H and O–H groups in total. The topological polar surface area (TPSA) is 414 Å². The largest absolute Gasteiger partial charge is 0.394 e. The lowest BCUT2D eigenvalue weighted by Crippen LogP contribution is -2.69. The normalized spacial score (nSPS) is 57.7. The second-order valence-corrected chi connectivity index (χ2v) is 27.1. The average molecular weight is 1210 g/mol. The van der Waals surface area contributed by atoms with Gasteiger partial charge in [0.15, 0.2) is 37.2 Å². The van der Waals surface area contributed by atoms with Gasteiger partial charge in [0.2, 0.25) is 0 Å². The van der Waals surface area contributed by atoms with Gasteiger partial charge >= 0.3 is 0 Å². The first-order valence-electron chi connectivity index (χ1n) is 30.7. The molecule has 0 amide bonds. The molecule has 4 aliphatic carbocycles. The number of hydrogen-bond acceptors (Lipinski definition) is 27. The van der Waals surface area contributed by atoms with Gasteiger partial charge in [-0.3, -0.25) is 0 Å². The van der Waals surface area contributed by atoms with Crippen LogP contribution in [0.5, 0.6) is 0 Å². The molecule has 11 fully saturated rings. The molecule has 7 saturated heterocycles. The Morgan fingerprint density at radius 1 is 0.429 bits per heavy atom. The second kappa shape index (κ2) is 25.2. The van der Waals surface area contributed by atoms with Crippen LogP contribution in [-0.4, -0.2) is 281 Å². The summed E-state index contributed by atoms with van der Waals surface area (Å²) in [4.78, 5) is 0. The minimum absolute atomic E-state index is 0.0454. The first-order valence-corrected chi connectivity index (χ1v) is 30.7. The zero-order chi connectivity index (χ0) is 60.2. The van der Waals surface area contributed by atoms with Crippen LogP contribution in [0.1, 0.15) is 98.8 Å². The summed E-state index contributed by atoms with van der Waals surface area (Å²) in [5, 5.41) is 165. The summed E-state index contributed by atoms with van der Waals surface area (Å²) in [5.74, 6) is 2.81. The van der Waals surface area contributed by atoms with Gasteiger partial charge in [-0.1, -0.05) is 27.7 Å². The first kappa shape index (κ1) is 64.4. The van der Waals surface area contributed by atoms with Crippen LogP contribution in [0.4, 0.5) is 0 Å². The van der Waals surface area contributed by atoms with Gasteiger partial charge in [-0.2, -0.15) is 0 Å². The predicted molar refractivity (Wildman–Crippen MR) is 279 cm³/mol. The Bertz CT molecular complexity index is 2180. The maximum absolute atomic E-state index is 12.0. The van der Waals surface area contributed by atoms with Gasteiger partial charge in [-0.05, 0) is 111 Å². The van der Waals surface area contributed by atoms with Crippen molar-refractivity contribution < 1.29 is 133 Å². The molecular weight excluding hydrogens is 1120 g/mol. The van der Waals surface area contributed by atoms with Crippen LogP contribution < -0.4 is 0 Å². The summed E-state index contributed by atoms with van der Waals surface area (Å²) in [6.07, 6.45) is -36.0. The molecule has 11 aliphatic rings. The van der Waals surface area contributed by atoms with Crippen molar-refractivity contribution in [3.63, 3.8) is 0 Å². The van der Waals surface area contributed by atoms with E-state index in [2.05, 4.69) is 27.7 Å². The zero-order valence-electron chi connectivity index (χ0n) is 48.3. The fourth-order valence-electron chi connectivity index (χ4n) is 17.6. The smallest absolute Gasteiger partial charge is 0.187 e. The Morgan fingerprint density at radius 3 is 1.62 bits per heavy atom. The fourth-order valence-corrected chi connectivity index (χ4v) is 17.6. The summed E-state index contributed by atoms with van der Waals surface area (Å²) < 4.78 is 73.8. The van der Waals surface area contributed by atoms with Gasteiger partial charge in [0, 0.05) is 12.3 Å². The third kappa shape index (κ3) is 11.2. The fraction of sp³-hybridized carbons (Fsp3) is 1.00. The third-order valence-electron chi connectivity index (χ3n) is 22.5. The molecule has 0 radical (unpaired) electrons. The molecule has 27 nitrogen and oxygen atoms in total. The summed E-state index contributed by atoms with van der Waals surface area (Å²) in [7, 11) is 0. The number of ether oxygens (including phenoxy) is 12. The molecule has 484 valence electrons. The van der Waals surface area contributed by atoms with Gasteiger partial charge in [0.25, 0.3) is 0 Å². The SMILES string of the molecule is C[C@@H]1CCC2(OC1)OC1C[C@H]3[C@@H]4CC[C@H]5C[C@@H](O[C@@H]6O[C@H](CO)[C@H](O[C@@H]7O[C@H](CO)[C@@H](O)[C@@H](O[C@@H]8O[C@H](CO)[C@@H](O)[C@@H](O)[C@H]8O)[C@H]7O[C@@H]7O[C@H](CO)[C@@H](O)[C@@H](O[C@@H]8O[C@H](C)[C@H](O)[C@@H](O)[C@H]8O)[C@H]7O)[C@@H](O)[C@H]6O)CC[C@]5(C)[C@H]4CC[C@]3(C)C1[C@@H]2C. The summed E-state index contributed by atoms with van der Waals surface area (Å²) in [6.45, 7) is 8.02. The highest BCUT2D eigenvalue weighted by molar-refractivity contribution is 5.16. The summed E-state index contributed by atoms with van der Waals surface area (Å²) in [6, 6.07) is 0. The van der Waals surface area contributed by atoms with Crippen molar-refractivity contribution in [3.05, 3.63) is 0 Å². The van der Waals surface area contributed by atoms with Crippen molar-refractivity contribution in [2.24, 2.45) is 52.3 Å². The monoisotopic (exact) mass is 1210 g/mol. The lowest BCUT2D eigenvalue weighted by atomic mass is 9.44. The Labute approximate surface area is 487 Å². The molecule has 7 aliphatic heterocycles. The Morgan fingerprint density at radius 2 is 0.964 bits per heavy atom. The van der Waals surface area contributed by atoms with Crippen molar-refractivity contribution in [1.29, 1.82) is 0 Å². The van der Waals surface area contributed by atoms with Crippen LogP contribution in [0.2, 0.25) is 0 Å². The maximum atomic E-state index is 12.0. The minimum Gasteiger partial charge on any atom is -0.394 e. The molecule has 0 bridgehead atoms. The minimum atomic E-state index is -2.15. The number of aliphatic hydroxyl groups is 15. The van der Waals surface area contributed by atoms with Crippen molar-refractivity contribution in [2.45, 2.75) is 270 Å². The molecule has 7 heterocycles. The van der Waals surface area contributed by atoms with E-state index in [9.17, 15) is 76.6 Å². The van der Waals surface area contributed by atoms with Gasteiger partial charge in [0.05, 0.1) is 51.3 Å². The van der Waals surface area contributed by atoms with Crippen molar-refractivity contribution in [3.8, 4) is 0 Å². The summed E-state index contributed by atoms with van der Waals surface area (Å²) >= 11 is 0. The standard InChI is InChI=1S/C57H94O27/c1-21-8-13-57(73-20-21)22(2)34-29(84-57)15-28-26-7-6-24-14-25(9-11-55(24,4)27(26)10-12-56(28,34)5)75-51-44(71)41(68)46(33(19-61)79-51)80-54-49(48(38(65)32(18-60)78-54)82-52-43(70)40(67)36(63)30(16-58)76-52)83-53-45(72)47(37(64)31(17-59)77-53)81-50-42(69)39(66)35(62)23(3)74-50/h21-54,58-72H,6-20H2,1-5H3/t21-,22+,23-,24+,25+,26-,27+,28+,29?,30-,31-,32-,33-,34?,35+,36-,37-,38-,39-,40-,41+,42-,43-,44-,45-,46+,47-,48-,49-,50+,51-,52+,53+,54+,55+,56+,57?/m1/s1. The highest BCUT2D eigenvalue weighted by Crippen LogP contribution is 2.71. The molecule has 1 spiro atoms. The molecule has 4 saturated carbocycles. The van der Waals surface area contributed by atoms with Gasteiger partial charge in [-0.15, -0.1) is 0 Å². The van der Waals surface area contributed by atoms with Crippen LogP contribution in [0.15, 0.2) is 0 Å². The quantitative estimate of drug-likeness (QED) is 0.0736. The van der Waals surface area contributed by atoms with Crippen molar-refractivity contribution >= 4 is 0 Å². The predicted octanol–water partition coefficient (Wildman–Crippen LogP) is -4.06. The Hall–Kier alpha value is -1.08. The van der Waals surface area contributed by atoms with Crippen LogP contribution >= 0.6 is 0 Å². The average Bonchev–Trinajstić information content (AvgIpc) is 1.51. The van der Waals surface area contributed by atoms with E-state index >= 15 is 0 Å². The highest BCUT2D eigenvalue weighted by atomic mass is 16.8. The van der Waals surface area contributed by atoms with E-state index < -0.39 is 186 Å². The maximum Gasteiger partial charge on any atom is 0.187 e. The van der Waals surface area contributed by atoms with Crippen molar-refractivity contribution in [1.82, 2.24) is 0 Å². The molecule has 37 atom stereocenters. The molecule has 0 aromatic heterocycles. The first-order chi connectivity index (χ1) is 39.9. The molecule has 0 aromatic rings. The molecular formula is C57H94O27. The van der Waals surface area contributed by atoms with E-state index in [1.165, 1.54) is 6.92 Å². The number of rotatable bonds is 14. The molecule has 84 heavy (non-hydrogen) atoms. The molecule has 3 unspecified atom stereocenters. The summed E-state index contributed by atoms with van der Waals surface area (Å²) in [5.41, 5.74) is 0.214. The third-order valence-corrected chi connectivity index (χ3v) is 22.5. The van der Waals surface area contributed by atoms with E-state index in [0.29, 0.717) is 54.3 Å². The zero-order valence-corrected chi connectivity index (χ0v) is 48.3. The lowest BCUT2D eigenvalue weighted by molar-refractivity contribution is -0.411. The number of hydrogen-bond donors (Lipinski definition) is 15. The lowest BCUT2D eigenvalue weighted by Gasteiger charge is -2.61. The van der Waals surface area contributed by atoms with E-state index in [1.807, 2.05) is 0 Å². The molecule has 27 heteroatoms. The van der Waals surface area contributed by atoms with E-state index in [-0.39, 0.29) is 23.0 Å². The Balaban J connectivity index is 0.792. The Kier molecular flexibility index (Phi) is 19.3. The van der Waals surface area contributed by atoms with E-state index in [4.69, 9.17) is 56.8 Å². The van der Waals surface area contributed by atoms with Crippen LogP contribution in [0.3, 0.4) is 0 Å². The van der Waals surface area contributed by atoms with Gasteiger partial charge in [-0.25, -0.2) is 0 Å². The van der Waals surface area contributed by atoms with E-state index in [1.54, 1.807) is 0 Å². The van der Waals surface area contributed by atoms with Gasteiger partial charge < -0.3 is 133 Å². The molecule has 11 rings (SSSR count). The van der Waals surface area contributed by atoms with Crippen LogP contribution in [0, 0.1) is 52.3 Å². The second-order valence-electron chi connectivity index (χ2n) is 27.1. The number of aliphatic hydroxyl groups excluding tert-OH is 15. The van der Waals surface area contributed by atoms with Gasteiger partial charge in [0.1, 0.15) is 116 Å². The van der Waals surface area contributed by atoms with Crippen LogP contribution in [-0.2, 0) is 56.8 Å².